The van der Waals surface area contributed by atoms with Gasteiger partial charge in [-0.3, -0.25) is 4.79 Å². The Bertz CT molecular complexity index is 436. The summed E-state index contributed by atoms with van der Waals surface area (Å²) in [6.07, 6.45) is 2.67. The fraction of sp³-hybridized carbons (Fsp3) is 0.562. The van der Waals surface area contributed by atoms with Gasteiger partial charge >= 0.3 is 0 Å². The molecule has 0 saturated carbocycles. The van der Waals surface area contributed by atoms with E-state index in [4.69, 9.17) is 16.3 Å². The van der Waals surface area contributed by atoms with Crippen LogP contribution in [0.3, 0.4) is 0 Å². The van der Waals surface area contributed by atoms with Crippen molar-refractivity contribution < 1.29 is 9.53 Å². The molecule has 0 aliphatic carbocycles. The molecule has 0 spiro atoms. The molecule has 0 aromatic heterocycles. The summed E-state index contributed by atoms with van der Waals surface area (Å²) in [5, 5.41) is 0.751. The third-order valence-corrected chi connectivity index (χ3v) is 3.79. The lowest BCUT2D eigenvalue weighted by molar-refractivity contribution is -0.143. The zero-order valence-corrected chi connectivity index (χ0v) is 12.9. The van der Waals surface area contributed by atoms with Crippen molar-refractivity contribution in [2.24, 2.45) is 0 Å². The molecular weight excluding hydrogens is 274 g/mol. The molecule has 1 aromatic carbocycles. The molecule has 2 unspecified atom stereocenters. The summed E-state index contributed by atoms with van der Waals surface area (Å²) in [4.78, 5) is 14.1. The molecule has 0 bridgehead atoms. The van der Waals surface area contributed by atoms with Crippen LogP contribution in [0.15, 0.2) is 24.3 Å². The topological polar surface area (TPSA) is 29.5 Å². The maximum atomic E-state index is 12.2. The molecule has 4 heteroatoms. The third-order valence-electron chi connectivity index (χ3n) is 3.54. The van der Waals surface area contributed by atoms with Crippen LogP contribution in [0, 0.1) is 0 Å². The van der Waals surface area contributed by atoms with Gasteiger partial charge in [-0.15, -0.1) is 0 Å². The molecular formula is C16H22ClNO2. The highest BCUT2D eigenvalue weighted by Crippen LogP contribution is 2.14. The minimum absolute atomic E-state index is 0.138. The van der Waals surface area contributed by atoms with Crippen molar-refractivity contribution in [2.75, 3.05) is 13.1 Å². The highest BCUT2D eigenvalue weighted by Gasteiger charge is 2.25. The van der Waals surface area contributed by atoms with Gasteiger partial charge in [-0.2, -0.15) is 0 Å². The van der Waals surface area contributed by atoms with Crippen LogP contribution in [0.4, 0.5) is 0 Å². The number of morpholine rings is 1. The molecule has 1 heterocycles. The minimum atomic E-state index is 0.138. The SMILES string of the molecule is CC1CN(C(=O)CCCc2ccc(Cl)cc2)CC(C)O1. The Hall–Kier alpha value is -1.06. The summed E-state index contributed by atoms with van der Waals surface area (Å²) in [5.74, 6) is 0.237. The van der Waals surface area contributed by atoms with Gasteiger partial charge in [0.2, 0.25) is 5.91 Å². The van der Waals surface area contributed by atoms with Crippen molar-refractivity contribution in [3.05, 3.63) is 34.9 Å². The first-order chi connectivity index (χ1) is 9.54. The van der Waals surface area contributed by atoms with Crippen LogP contribution in [-0.4, -0.2) is 36.1 Å². The van der Waals surface area contributed by atoms with Gasteiger partial charge in [-0.1, -0.05) is 23.7 Å². The van der Waals surface area contributed by atoms with Gasteiger partial charge in [0.05, 0.1) is 12.2 Å². The van der Waals surface area contributed by atoms with E-state index in [1.807, 2.05) is 43.0 Å². The van der Waals surface area contributed by atoms with Gasteiger partial charge < -0.3 is 9.64 Å². The van der Waals surface area contributed by atoms with Gasteiger partial charge in [-0.25, -0.2) is 0 Å². The number of nitrogens with zero attached hydrogens (tertiary/aromatic N) is 1. The highest BCUT2D eigenvalue weighted by molar-refractivity contribution is 6.30. The molecule has 110 valence electrons. The van der Waals surface area contributed by atoms with Crippen molar-refractivity contribution in [3.8, 4) is 0 Å². The third kappa shape index (κ3) is 4.50. The standard InChI is InChI=1S/C16H22ClNO2/c1-12-10-18(11-13(2)20-12)16(19)5-3-4-14-6-8-15(17)9-7-14/h6-9,12-13H,3-5,10-11H2,1-2H3. The molecule has 1 fully saturated rings. The number of benzene rings is 1. The zero-order chi connectivity index (χ0) is 14.5. The van der Waals surface area contributed by atoms with E-state index in [1.54, 1.807) is 0 Å². The van der Waals surface area contributed by atoms with Crippen LogP contribution in [0.1, 0.15) is 32.3 Å². The van der Waals surface area contributed by atoms with Crippen LogP contribution < -0.4 is 0 Å². The molecule has 20 heavy (non-hydrogen) atoms. The summed E-state index contributed by atoms with van der Waals surface area (Å²) in [6.45, 7) is 5.46. The number of aryl methyl sites for hydroxylation is 1. The van der Waals surface area contributed by atoms with Crippen molar-refractivity contribution in [3.63, 3.8) is 0 Å². The lowest BCUT2D eigenvalue weighted by atomic mass is 10.1. The van der Waals surface area contributed by atoms with E-state index in [1.165, 1.54) is 5.56 Å². The summed E-state index contributed by atoms with van der Waals surface area (Å²) in [5.41, 5.74) is 1.23. The van der Waals surface area contributed by atoms with E-state index in [0.29, 0.717) is 19.5 Å². The Morgan fingerprint density at radius 3 is 2.45 bits per heavy atom. The molecule has 1 amide bonds. The van der Waals surface area contributed by atoms with Crippen LogP contribution in [0.5, 0.6) is 0 Å². The lowest BCUT2D eigenvalue weighted by Crippen LogP contribution is -2.48. The summed E-state index contributed by atoms with van der Waals surface area (Å²) in [7, 11) is 0. The first-order valence-electron chi connectivity index (χ1n) is 7.22. The molecule has 0 radical (unpaired) electrons. The number of halogens is 1. The number of carbonyl (C=O) groups is 1. The van der Waals surface area contributed by atoms with Gasteiger partial charge in [0.15, 0.2) is 0 Å². The lowest BCUT2D eigenvalue weighted by Gasteiger charge is -2.35. The Morgan fingerprint density at radius 1 is 1.25 bits per heavy atom. The molecule has 1 aromatic rings. The Balaban J connectivity index is 1.76. The Kier molecular flexibility index (Phi) is 5.44. The average molecular weight is 296 g/mol. The smallest absolute Gasteiger partial charge is 0.222 e. The van der Waals surface area contributed by atoms with E-state index in [2.05, 4.69) is 0 Å². The van der Waals surface area contributed by atoms with Crippen molar-refractivity contribution in [1.82, 2.24) is 4.90 Å². The Labute approximate surface area is 125 Å². The minimum Gasteiger partial charge on any atom is -0.372 e. The first kappa shape index (κ1) is 15.3. The van der Waals surface area contributed by atoms with Crippen molar-refractivity contribution >= 4 is 17.5 Å². The molecule has 0 N–H and O–H groups in total. The van der Waals surface area contributed by atoms with E-state index in [0.717, 1.165) is 17.9 Å². The van der Waals surface area contributed by atoms with Gasteiger partial charge in [0.25, 0.3) is 0 Å². The van der Waals surface area contributed by atoms with E-state index >= 15 is 0 Å². The second-order valence-electron chi connectivity index (χ2n) is 5.54. The van der Waals surface area contributed by atoms with Gasteiger partial charge in [0, 0.05) is 24.5 Å². The second-order valence-corrected chi connectivity index (χ2v) is 5.97. The molecule has 2 rings (SSSR count). The van der Waals surface area contributed by atoms with Crippen LogP contribution in [0.2, 0.25) is 5.02 Å². The molecule has 3 nitrogen and oxygen atoms in total. The number of hydrogen-bond donors (Lipinski definition) is 0. The molecule has 2 atom stereocenters. The van der Waals surface area contributed by atoms with Crippen LogP contribution in [0.25, 0.3) is 0 Å². The quantitative estimate of drug-likeness (QED) is 0.853. The van der Waals surface area contributed by atoms with Crippen LogP contribution >= 0.6 is 11.6 Å². The summed E-state index contributed by atoms with van der Waals surface area (Å²) < 4.78 is 5.65. The number of carbonyl (C=O) groups excluding carboxylic acids is 1. The van der Waals surface area contributed by atoms with E-state index < -0.39 is 0 Å². The Morgan fingerprint density at radius 2 is 1.85 bits per heavy atom. The zero-order valence-electron chi connectivity index (χ0n) is 12.1. The predicted octanol–water partition coefficient (Wildman–Crippen LogP) is 3.30. The van der Waals surface area contributed by atoms with Crippen molar-refractivity contribution in [2.45, 2.75) is 45.3 Å². The largest absolute Gasteiger partial charge is 0.372 e. The molecule has 1 aliphatic heterocycles. The van der Waals surface area contributed by atoms with Gasteiger partial charge in [-0.05, 0) is 44.4 Å². The average Bonchev–Trinajstić information content (AvgIpc) is 2.40. The summed E-state index contributed by atoms with van der Waals surface area (Å²) in [6, 6.07) is 7.82. The fourth-order valence-electron chi connectivity index (χ4n) is 2.63. The normalized spacial score (nSPS) is 22.9. The van der Waals surface area contributed by atoms with E-state index in [-0.39, 0.29) is 18.1 Å². The number of hydrogen-bond acceptors (Lipinski definition) is 2. The highest BCUT2D eigenvalue weighted by atomic mass is 35.5. The number of rotatable bonds is 4. The van der Waals surface area contributed by atoms with Gasteiger partial charge in [0.1, 0.15) is 0 Å². The maximum Gasteiger partial charge on any atom is 0.222 e. The fourth-order valence-corrected chi connectivity index (χ4v) is 2.76. The maximum absolute atomic E-state index is 12.2. The predicted molar refractivity (Wildman–Crippen MR) is 81.0 cm³/mol. The second kappa shape index (κ2) is 7.09. The first-order valence-corrected chi connectivity index (χ1v) is 7.60. The van der Waals surface area contributed by atoms with Crippen molar-refractivity contribution in [1.29, 1.82) is 0 Å². The summed E-state index contributed by atoms with van der Waals surface area (Å²) >= 11 is 5.85. The number of amides is 1. The number of ether oxygens (including phenoxy) is 1. The molecule has 1 saturated heterocycles. The van der Waals surface area contributed by atoms with Crippen LogP contribution in [-0.2, 0) is 16.0 Å². The monoisotopic (exact) mass is 295 g/mol. The molecule has 1 aliphatic rings. The van der Waals surface area contributed by atoms with E-state index in [9.17, 15) is 4.79 Å².